The number of nitrogens with zero attached hydrogens (tertiary/aromatic N) is 1. The fraction of sp³-hybridized carbons (Fsp3) is 0.154. The van der Waals surface area contributed by atoms with Gasteiger partial charge in [-0.2, -0.15) is 8.42 Å². The van der Waals surface area contributed by atoms with Crippen LogP contribution in [-0.4, -0.2) is 44.7 Å². The van der Waals surface area contributed by atoms with Crippen LogP contribution in [0.2, 0.25) is 5.02 Å². The first-order valence-corrected chi connectivity index (χ1v) is 13.6. The van der Waals surface area contributed by atoms with Crippen molar-refractivity contribution >= 4 is 50.7 Å². The molecule has 3 aromatic rings. The van der Waals surface area contributed by atoms with Crippen molar-refractivity contribution in [2.75, 3.05) is 20.3 Å². The molecule has 0 saturated carbocycles. The number of hydrogen-bond donors (Lipinski definition) is 0. The monoisotopic (exact) mass is 559 g/mol. The number of para-hydroxylation sites is 1. The lowest BCUT2D eigenvalue weighted by molar-refractivity contribution is -0.123. The third-order valence-corrected chi connectivity index (χ3v) is 7.65. The van der Waals surface area contributed by atoms with Crippen LogP contribution in [0, 0.1) is 6.92 Å². The summed E-state index contributed by atoms with van der Waals surface area (Å²) in [4.78, 5) is 26.6. The highest BCUT2D eigenvalue weighted by Gasteiger charge is 2.35. The van der Waals surface area contributed by atoms with Crippen molar-refractivity contribution in [3.63, 3.8) is 0 Å². The van der Waals surface area contributed by atoms with Crippen LogP contribution in [0.15, 0.2) is 76.5 Å². The summed E-state index contributed by atoms with van der Waals surface area (Å²) in [7, 11) is -2.88. The first kappa shape index (κ1) is 26.6. The molecule has 0 atom stereocenters. The maximum absolute atomic E-state index is 13.0. The van der Waals surface area contributed by atoms with Gasteiger partial charge < -0.3 is 13.7 Å². The Hall–Kier alpha value is -3.47. The number of carbonyl (C=O) groups is 2. The molecule has 0 bridgehead atoms. The lowest BCUT2D eigenvalue weighted by Crippen LogP contribution is -2.32. The summed E-state index contributed by atoms with van der Waals surface area (Å²) >= 11 is 6.61. The normalized spacial score (nSPS) is 14.8. The number of carbonyl (C=O) groups excluding carboxylic acids is 2. The summed E-state index contributed by atoms with van der Waals surface area (Å²) in [5, 5.41) is -0.0832. The number of halogens is 1. The standard InChI is InChI=1S/C26H22ClNO7S2/c1-17-5-3-7-20(15-17)34-14-13-28-25(29)23(36-26(28)30)16-18-6-4-8-22(33-2)24(18)35-37(31,32)21-11-9-19(27)10-12-21/h3-12,15-16H,13-14H2,1-2H3/b23-16-. The molecular weight excluding hydrogens is 538 g/mol. The van der Waals surface area contributed by atoms with Crippen molar-refractivity contribution in [1.29, 1.82) is 0 Å². The molecule has 1 fully saturated rings. The van der Waals surface area contributed by atoms with Gasteiger partial charge in [-0.1, -0.05) is 35.9 Å². The van der Waals surface area contributed by atoms with E-state index in [2.05, 4.69) is 0 Å². The average molecular weight is 560 g/mol. The number of benzene rings is 3. The average Bonchev–Trinajstić information content (AvgIpc) is 3.12. The number of hydrogen-bond acceptors (Lipinski definition) is 8. The molecule has 3 aromatic carbocycles. The Kier molecular flexibility index (Phi) is 8.11. The van der Waals surface area contributed by atoms with Crippen LogP contribution in [0.5, 0.6) is 17.2 Å². The summed E-state index contributed by atoms with van der Waals surface area (Å²) in [5.74, 6) is 0.145. The van der Waals surface area contributed by atoms with Gasteiger partial charge in [0.05, 0.1) is 18.6 Å². The zero-order valence-corrected chi connectivity index (χ0v) is 22.2. The Morgan fingerprint density at radius 1 is 1.03 bits per heavy atom. The van der Waals surface area contributed by atoms with E-state index in [0.717, 1.165) is 22.2 Å². The lowest BCUT2D eigenvalue weighted by atomic mass is 10.1. The van der Waals surface area contributed by atoms with E-state index >= 15 is 0 Å². The molecule has 1 aliphatic heterocycles. The Morgan fingerprint density at radius 3 is 2.46 bits per heavy atom. The van der Waals surface area contributed by atoms with E-state index in [0.29, 0.717) is 10.8 Å². The second-order valence-corrected chi connectivity index (χ2v) is 10.8. The molecule has 2 amide bonds. The maximum Gasteiger partial charge on any atom is 0.339 e. The largest absolute Gasteiger partial charge is 0.493 e. The SMILES string of the molecule is COc1cccc(/C=C2\SC(=O)N(CCOc3cccc(C)c3)C2=O)c1OS(=O)(=O)c1ccc(Cl)cc1. The van der Waals surface area contributed by atoms with Gasteiger partial charge in [0.15, 0.2) is 11.5 Å². The van der Waals surface area contributed by atoms with Gasteiger partial charge in [-0.3, -0.25) is 14.5 Å². The van der Waals surface area contributed by atoms with Crippen LogP contribution in [0.25, 0.3) is 6.08 Å². The smallest absolute Gasteiger partial charge is 0.339 e. The quantitative estimate of drug-likeness (QED) is 0.249. The number of ether oxygens (including phenoxy) is 2. The summed E-state index contributed by atoms with van der Waals surface area (Å²) < 4.78 is 42.2. The minimum atomic E-state index is -4.25. The zero-order chi connectivity index (χ0) is 26.6. The molecule has 1 aliphatic rings. The number of imide groups is 1. The van der Waals surface area contributed by atoms with Gasteiger partial charge in [0, 0.05) is 10.6 Å². The summed E-state index contributed by atoms with van der Waals surface area (Å²) in [6.45, 7) is 2.12. The van der Waals surface area contributed by atoms with E-state index in [1.54, 1.807) is 18.2 Å². The predicted molar refractivity (Wildman–Crippen MR) is 142 cm³/mol. The van der Waals surface area contributed by atoms with Crippen LogP contribution in [0.4, 0.5) is 4.79 Å². The van der Waals surface area contributed by atoms with Crippen molar-refractivity contribution in [1.82, 2.24) is 4.90 Å². The van der Waals surface area contributed by atoms with Crippen LogP contribution >= 0.6 is 23.4 Å². The third-order valence-electron chi connectivity index (χ3n) is 5.26. The highest BCUT2D eigenvalue weighted by atomic mass is 35.5. The van der Waals surface area contributed by atoms with Crippen molar-refractivity contribution in [3.05, 3.63) is 87.8 Å². The summed E-state index contributed by atoms with van der Waals surface area (Å²) in [6.07, 6.45) is 1.40. The topological polar surface area (TPSA) is 99.2 Å². The molecule has 1 saturated heterocycles. The molecule has 0 aromatic heterocycles. The molecule has 0 N–H and O–H groups in total. The second-order valence-electron chi connectivity index (χ2n) is 7.87. The van der Waals surface area contributed by atoms with Crippen LogP contribution in [0.3, 0.4) is 0 Å². The predicted octanol–water partition coefficient (Wildman–Crippen LogP) is 5.54. The van der Waals surface area contributed by atoms with Crippen molar-refractivity contribution in [2.24, 2.45) is 0 Å². The van der Waals surface area contributed by atoms with E-state index in [-0.39, 0.29) is 40.0 Å². The van der Waals surface area contributed by atoms with Gasteiger partial charge >= 0.3 is 10.1 Å². The zero-order valence-electron chi connectivity index (χ0n) is 19.8. The molecule has 1 heterocycles. The fourth-order valence-corrected chi connectivity index (χ4v) is 5.39. The van der Waals surface area contributed by atoms with Crippen LogP contribution < -0.4 is 13.7 Å². The fourth-order valence-electron chi connectivity index (χ4n) is 3.45. The van der Waals surface area contributed by atoms with Gasteiger partial charge in [-0.25, -0.2) is 0 Å². The van der Waals surface area contributed by atoms with E-state index in [1.165, 1.54) is 43.5 Å². The number of thioether (sulfide) groups is 1. The number of rotatable bonds is 9. The molecule has 0 unspecified atom stereocenters. The first-order valence-electron chi connectivity index (χ1n) is 11.0. The van der Waals surface area contributed by atoms with E-state index in [9.17, 15) is 18.0 Å². The molecule has 4 rings (SSSR count). The molecule has 0 aliphatic carbocycles. The highest BCUT2D eigenvalue weighted by Crippen LogP contribution is 2.38. The minimum Gasteiger partial charge on any atom is -0.493 e. The molecule has 11 heteroatoms. The number of methoxy groups -OCH3 is 1. The van der Waals surface area contributed by atoms with Gasteiger partial charge in [-0.15, -0.1) is 0 Å². The second kappa shape index (κ2) is 11.3. The van der Waals surface area contributed by atoms with Gasteiger partial charge in [0.2, 0.25) is 0 Å². The van der Waals surface area contributed by atoms with E-state index in [4.69, 9.17) is 25.3 Å². The van der Waals surface area contributed by atoms with Gasteiger partial charge in [0.25, 0.3) is 11.1 Å². The van der Waals surface area contributed by atoms with Crippen molar-refractivity contribution in [2.45, 2.75) is 11.8 Å². The molecule has 37 heavy (non-hydrogen) atoms. The molecule has 0 radical (unpaired) electrons. The van der Waals surface area contributed by atoms with E-state index < -0.39 is 21.3 Å². The Morgan fingerprint density at radius 2 is 1.76 bits per heavy atom. The van der Waals surface area contributed by atoms with Gasteiger partial charge in [-0.05, 0) is 72.8 Å². The van der Waals surface area contributed by atoms with Crippen LogP contribution in [0.1, 0.15) is 11.1 Å². The first-order chi connectivity index (χ1) is 17.7. The van der Waals surface area contributed by atoms with Crippen LogP contribution in [-0.2, 0) is 14.9 Å². The van der Waals surface area contributed by atoms with Gasteiger partial charge in [0.1, 0.15) is 17.3 Å². The molecule has 0 spiro atoms. The van der Waals surface area contributed by atoms with Crippen molar-refractivity contribution < 1.29 is 31.7 Å². The number of amides is 2. The molecular formula is C26H22ClNO7S2. The van der Waals surface area contributed by atoms with E-state index in [1.807, 2.05) is 25.1 Å². The maximum atomic E-state index is 13.0. The summed E-state index contributed by atoms with van der Waals surface area (Å²) in [6, 6.07) is 17.6. The molecule has 192 valence electrons. The highest BCUT2D eigenvalue weighted by molar-refractivity contribution is 8.18. The van der Waals surface area contributed by atoms with Crippen molar-refractivity contribution in [3.8, 4) is 17.2 Å². The lowest BCUT2D eigenvalue weighted by Gasteiger charge is -2.14. The minimum absolute atomic E-state index is 0.0579. The Labute approximate surface area is 223 Å². The summed E-state index contributed by atoms with van der Waals surface area (Å²) in [5.41, 5.74) is 1.28. The Bertz CT molecular complexity index is 1470. The Balaban J connectivity index is 1.55. The third kappa shape index (κ3) is 6.27. The number of aryl methyl sites for hydroxylation is 1. The molecule has 8 nitrogen and oxygen atoms in total.